The number of amides is 3. The molecule has 0 aliphatic carbocycles. The van der Waals surface area contributed by atoms with Gasteiger partial charge in [-0.2, -0.15) is 0 Å². The van der Waals surface area contributed by atoms with Gasteiger partial charge in [0.15, 0.2) is 9.84 Å². The third-order valence-corrected chi connectivity index (χ3v) is 5.27. The van der Waals surface area contributed by atoms with Crippen LogP contribution < -0.4 is 16.0 Å². The van der Waals surface area contributed by atoms with Gasteiger partial charge < -0.3 is 16.0 Å². The van der Waals surface area contributed by atoms with Gasteiger partial charge >= 0.3 is 6.03 Å². The van der Waals surface area contributed by atoms with Gasteiger partial charge in [0.25, 0.3) is 0 Å². The average Bonchev–Trinajstić information content (AvgIpc) is 2.93. The summed E-state index contributed by atoms with van der Waals surface area (Å²) in [6, 6.07) is 10.9. The second kappa shape index (κ2) is 6.80. The van der Waals surface area contributed by atoms with Gasteiger partial charge in [0, 0.05) is 17.6 Å². The van der Waals surface area contributed by atoms with E-state index in [-0.39, 0.29) is 16.8 Å². The fraction of sp³-hybridized carbons (Fsp3) is 0.222. The third-order valence-electron chi connectivity index (χ3n) is 4.14. The van der Waals surface area contributed by atoms with Crippen molar-refractivity contribution >= 4 is 33.2 Å². The molecule has 3 rings (SSSR count). The van der Waals surface area contributed by atoms with E-state index in [9.17, 15) is 18.0 Å². The van der Waals surface area contributed by atoms with Crippen LogP contribution in [-0.2, 0) is 21.1 Å². The predicted molar refractivity (Wildman–Crippen MR) is 98.9 cm³/mol. The van der Waals surface area contributed by atoms with Gasteiger partial charge in [-0.15, -0.1) is 0 Å². The lowest BCUT2D eigenvalue weighted by Gasteiger charge is -2.16. The zero-order valence-corrected chi connectivity index (χ0v) is 15.2. The van der Waals surface area contributed by atoms with Crippen LogP contribution in [0.25, 0.3) is 0 Å². The Hall–Kier alpha value is -2.87. The van der Waals surface area contributed by atoms with Crippen LogP contribution in [0.3, 0.4) is 0 Å². The first-order chi connectivity index (χ1) is 12.2. The number of benzene rings is 2. The molecule has 0 spiro atoms. The van der Waals surface area contributed by atoms with Crippen LogP contribution in [0.5, 0.6) is 0 Å². The lowest BCUT2D eigenvalue weighted by atomic mass is 10.0. The molecule has 7 nitrogen and oxygen atoms in total. The molecule has 0 fully saturated rings. The molecule has 2 aromatic rings. The monoisotopic (exact) mass is 373 g/mol. The van der Waals surface area contributed by atoms with Crippen LogP contribution in [0.15, 0.2) is 47.4 Å². The van der Waals surface area contributed by atoms with E-state index in [1.807, 2.05) is 25.1 Å². The Morgan fingerprint density at radius 1 is 1.15 bits per heavy atom. The summed E-state index contributed by atoms with van der Waals surface area (Å²) in [4.78, 5) is 23.8. The largest absolute Gasteiger partial charge is 0.331 e. The van der Waals surface area contributed by atoms with Crippen molar-refractivity contribution in [3.8, 4) is 0 Å². The minimum atomic E-state index is -3.27. The molecule has 3 N–H and O–H groups in total. The number of rotatable bonds is 4. The Labute approximate surface area is 151 Å². The highest BCUT2D eigenvalue weighted by atomic mass is 32.2. The molecule has 0 bridgehead atoms. The van der Waals surface area contributed by atoms with Crippen LogP contribution in [0.1, 0.15) is 24.1 Å². The smallest absolute Gasteiger partial charge is 0.319 e. The molecule has 0 saturated heterocycles. The summed E-state index contributed by atoms with van der Waals surface area (Å²) in [6.45, 7) is 1.85. The van der Waals surface area contributed by atoms with E-state index in [2.05, 4.69) is 16.0 Å². The van der Waals surface area contributed by atoms with Crippen LogP contribution in [0.2, 0.25) is 0 Å². The van der Waals surface area contributed by atoms with Gasteiger partial charge in [-0.1, -0.05) is 12.1 Å². The molecule has 1 heterocycles. The zero-order chi connectivity index (χ0) is 18.9. The maximum absolute atomic E-state index is 12.2. The highest BCUT2D eigenvalue weighted by Gasteiger charge is 2.19. The van der Waals surface area contributed by atoms with Crippen molar-refractivity contribution in [2.75, 3.05) is 16.9 Å². The topological polar surface area (TPSA) is 104 Å². The molecule has 136 valence electrons. The number of hydrogen-bond acceptors (Lipinski definition) is 4. The zero-order valence-electron chi connectivity index (χ0n) is 14.4. The van der Waals surface area contributed by atoms with Crippen LogP contribution in [0, 0.1) is 0 Å². The van der Waals surface area contributed by atoms with Gasteiger partial charge in [0.1, 0.15) is 0 Å². The fourth-order valence-corrected chi connectivity index (χ4v) is 3.38. The number of sulfone groups is 1. The average molecular weight is 373 g/mol. The molecule has 1 atom stereocenters. The molecule has 1 aliphatic heterocycles. The predicted octanol–water partition coefficient (Wildman–Crippen LogP) is 2.47. The van der Waals surface area contributed by atoms with Gasteiger partial charge in [-0.05, 0) is 48.4 Å². The van der Waals surface area contributed by atoms with E-state index < -0.39 is 15.9 Å². The molecule has 26 heavy (non-hydrogen) atoms. The first-order valence-corrected chi connectivity index (χ1v) is 9.92. The molecule has 0 radical (unpaired) electrons. The van der Waals surface area contributed by atoms with Crippen molar-refractivity contribution < 1.29 is 18.0 Å². The molecule has 8 heteroatoms. The van der Waals surface area contributed by atoms with Gasteiger partial charge in [0.05, 0.1) is 17.4 Å². The molecule has 0 unspecified atom stereocenters. The standard InChI is InChI=1S/C18H19N3O4S/c1-11(12-3-8-16-13(9-12)10-17(22)21-16)19-18(23)20-14-4-6-15(7-5-14)26(2,24)25/h3-9,11H,10H2,1-2H3,(H,21,22)(H2,19,20,23)/t11-/m0/s1. The molecule has 2 aromatic carbocycles. The fourth-order valence-electron chi connectivity index (χ4n) is 2.75. The highest BCUT2D eigenvalue weighted by molar-refractivity contribution is 7.90. The summed E-state index contributed by atoms with van der Waals surface area (Å²) in [7, 11) is -3.27. The van der Waals surface area contributed by atoms with E-state index in [4.69, 9.17) is 0 Å². The van der Waals surface area contributed by atoms with Crippen molar-refractivity contribution in [2.24, 2.45) is 0 Å². The Morgan fingerprint density at radius 3 is 2.50 bits per heavy atom. The molecule has 0 saturated carbocycles. The Kier molecular flexibility index (Phi) is 4.69. The first kappa shape index (κ1) is 17.9. The van der Waals surface area contributed by atoms with E-state index >= 15 is 0 Å². The summed E-state index contributed by atoms with van der Waals surface area (Å²) in [5.41, 5.74) is 3.10. The second-order valence-electron chi connectivity index (χ2n) is 6.26. The summed E-state index contributed by atoms with van der Waals surface area (Å²) >= 11 is 0. The third kappa shape index (κ3) is 4.02. The molecular formula is C18H19N3O4S. The molecule has 3 amide bonds. The summed E-state index contributed by atoms with van der Waals surface area (Å²) < 4.78 is 22.9. The number of hydrogen-bond donors (Lipinski definition) is 3. The van der Waals surface area contributed by atoms with E-state index in [0.717, 1.165) is 23.1 Å². The minimum absolute atomic E-state index is 0.0342. The number of urea groups is 1. The number of carbonyl (C=O) groups is 2. The molecule has 1 aliphatic rings. The number of carbonyl (C=O) groups excluding carboxylic acids is 2. The van der Waals surface area contributed by atoms with Crippen LogP contribution >= 0.6 is 0 Å². The van der Waals surface area contributed by atoms with E-state index in [1.54, 1.807) is 0 Å². The van der Waals surface area contributed by atoms with Crippen molar-refractivity contribution in [3.63, 3.8) is 0 Å². The quantitative estimate of drug-likeness (QED) is 0.766. The summed E-state index contributed by atoms with van der Waals surface area (Å²) in [5, 5.41) is 8.26. The van der Waals surface area contributed by atoms with Crippen molar-refractivity contribution in [2.45, 2.75) is 24.3 Å². The first-order valence-electron chi connectivity index (χ1n) is 8.03. The van der Waals surface area contributed by atoms with Crippen LogP contribution in [0.4, 0.5) is 16.2 Å². The SMILES string of the molecule is C[C@H](NC(=O)Nc1ccc(S(C)(=O)=O)cc1)c1ccc2c(c1)CC(=O)N2. The normalized spacial score (nSPS) is 14.3. The maximum Gasteiger partial charge on any atom is 0.319 e. The molecular weight excluding hydrogens is 354 g/mol. The second-order valence-corrected chi connectivity index (χ2v) is 8.27. The van der Waals surface area contributed by atoms with E-state index in [0.29, 0.717) is 12.1 Å². The Balaban J connectivity index is 1.63. The highest BCUT2D eigenvalue weighted by Crippen LogP contribution is 2.26. The summed E-state index contributed by atoms with van der Waals surface area (Å²) in [5.74, 6) is -0.0342. The van der Waals surface area contributed by atoms with Gasteiger partial charge in [-0.25, -0.2) is 13.2 Å². The van der Waals surface area contributed by atoms with E-state index in [1.165, 1.54) is 24.3 Å². The van der Waals surface area contributed by atoms with Gasteiger partial charge in [-0.3, -0.25) is 4.79 Å². The van der Waals surface area contributed by atoms with Crippen molar-refractivity contribution in [3.05, 3.63) is 53.6 Å². The van der Waals surface area contributed by atoms with Gasteiger partial charge in [0.2, 0.25) is 5.91 Å². The molecule has 0 aromatic heterocycles. The minimum Gasteiger partial charge on any atom is -0.331 e. The van der Waals surface area contributed by atoms with Crippen molar-refractivity contribution in [1.82, 2.24) is 5.32 Å². The Bertz CT molecular complexity index is 968. The van der Waals surface area contributed by atoms with Crippen LogP contribution in [-0.4, -0.2) is 26.6 Å². The number of anilines is 2. The maximum atomic E-state index is 12.2. The lowest BCUT2D eigenvalue weighted by Crippen LogP contribution is -2.31. The number of nitrogens with one attached hydrogen (secondary N) is 3. The summed E-state index contributed by atoms with van der Waals surface area (Å²) in [6.07, 6.45) is 1.47. The lowest BCUT2D eigenvalue weighted by molar-refractivity contribution is -0.115. The van der Waals surface area contributed by atoms with Crippen molar-refractivity contribution in [1.29, 1.82) is 0 Å². The Morgan fingerprint density at radius 2 is 1.85 bits per heavy atom. The number of fused-ring (bicyclic) bond motifs is 1.